The molecule has 0 radical (unpaired) electrons. The van der Waals surface area contributed by atoms with E-state index in [1.165, 1.54) is 6.07 Å². The van der Waals surface area contributed by atoms with E-state index in [0.717, 1.165) is 22.9 Å². The summed E-state index contributed by atoms with van der Waals surface area (Å²) < 4.78 is 19.5. The lowest BCUT2D eigenvalue weighted by Gasteiger charge is -2.06. The van der Waals surface area contributed by atoms with Gasteiger partial charge < -0.3 is 4.74 Å². The molecule has 0 spiro atoms. The molecule has 0 amide bonds. The minimum Gasteiger partial charge on any atom is -0.487 e. The van der Waals surface area contributed by atoms with Gasteiger partial charge in [-0.05, 0) is 18.6 Å². The maximum absolute atomic E-state index is 13.3. The van der Waals surface area contributed by atoms with E-state index >= 15 is 0 Å². The second-order valence-electron chi connectivity index (χ2n) is 3.23. The van der Waals surface area contributed by atoms with Crippen molar-refractivity contribution in [3.63, 3.8) is 0 Å². The highest BCUT2D eigenvalue weighted by molar-refractivity contribution is 9.10. The standard InChI is InChI=1S/C10H10BrFO/c1-2-8-4-6-3-7(11)5-9(12)10(6)13-8/h3,5,8H,2,4H2,1H3. The van der Waals surface area contributed by atoms with Gasteiger partial charge in [-0.1, -0.05) is 22.9 Å². The van der Waals surface area contributed by atoms with Crippen LogP contribution in [0.1, 0.15) is 18.9 Å². The smallest absolute Gasteiger partial charge is 0.166 e. The molecular formula is C10H10BrFO. The fourth-order valence-corrected chi connectivity index (χ4v) is 2.06. The Hall–Kier alpha value is -0.570. The number of ether oxygens (including phenoxy) is 1. The van der Waals surface area contributed by atoms with Gasteiger partial charge in [0.05, 0.1) is 0 Å². The molecule has 0 fully saturated rings. The van der Waals surface area contributed by atoms with Crippen molar-refractivity contribution in [1.82, 2.24) is 0 Å². The van der Waals surface area contributed by atoms with E-state index < -0.39 is 0 Å². The molecule has 0 saturated carbocycles. The molecule has 0 bridgehead atoms. The molecule has 1 aliphatic heterocycles. The first-order valence-electron chi connectivity index (χ1n) is 4.35. The van der Waals surface area contributed by atoms with Crippen LogP contribution in [0.3, 0.4) is 0 Å². The Balaban J connectivity index is 2.40. The number of rotatable bonds is 1. The van der Waals surface area contributed by atoms with Crippen LogP contribution in [-0.4, -0.2) is 6.10 Å². The number of halogens is 2. The fraction of sp³-hybridized carbons (Fsp3) is 0.400. The molecule has 3 heteroatoms. The third kappa shape index (κ3) is 1.57. The minimum absolute atomic E-state index is 0.152. The first kappa shape index (κ1) is 9.00. The SMILES string of the molecule is CCC1Cc2cc(Br)cc(F)c2O1. The molecule has 13 heavy (non-hydrogen) atoms. The Morgan fingerprint density at radius 3 is 3.08 bits per heavy atom. The highest BCUT2D eigenvalue weighted by Crippen LogP contribution is 2.34. The summed E-state index contributed by atoms with van der Waals surface area (Å²) in [4.78, 5) is 0. The van der Waals surface area contributed by atoms with Crippen LogP contribution in [0.2, 0.25) is 0 Å². The predicted octanol–water partition coefficient (Wildman–Crippen LogP) is 3.30. The van der Waals surface area contributed by atoms with Crippen LogP contribution in [-0.2, 0) is 6.42 Å². The van der Waals surface area contributed by atoms with Gasteiger partial charge in [-0.3, -0.25) is 0 Å². The van der Waals surface area contributed by atoms with Crippen LogP contribution in [0.25, 0.3) is 0 Å². The Morgan fingerprint density at radius 1 is 1.62 bits per heavy atom. The highest BCUT2D eigenvalue weighted by Gasteiger charge is 2.24. The lowest BCUT2D eigenvalue weighted by molar-refractivity contribution is 0.220. The van der Waals surface area contributed by atoms with Gasteiger partial charge in [0.25, 0.3) is 0 Å². The Morgan fingerprint density at radius 2 is 2.38 bits per heavy atom. The maximum Gasteiger partial charge on any atom is 0.166 e. The van der Waals surface area contributed by atoms with Crippen molar-refractivity contribution in [3.05, 3.63) is 28.0 Å². The first-order chi connectivity index (χ1) is 6.20. The van der Waals surface area contributed by atoms with Crippen LogP contribution in [0, 0.1) is 5.82 Å². The molecular weight excluding hydrogens is 235 g/mol. The van der Waals surface area contributed by atoms with Crippen LogP contribution >= 0.6 is 15.9 Å². The second-order valence-corrected chi connectivity index (χ2v) is 4.14. The van der Waals surface area contributed by atoms with Gasteiger partial charge >= 0.3 is 0 Å². The molecule has 70 valence electrons. The molecule has 1 atom stereocenters. The van der Waals surface area contributed by atoms with E-state index in [1.54, 1.807) is 0 Å². The average molecular weight is 245 g/mol. The summed E-state index contributed by atoms with van der Waals surface area (Å²) in [6.45, 7) is 2.05. The monoisotopic (exact) mass is 244 g/mol. The predicted molar refractivity (Wildman–Crippen MR) is 52.5 cm³/mol. The van der Waals surface area contributed by atoms with E-state index in [4.69, 9.17) is 4.74 Å². The third-order valence-corrected chi connectivity index (χ3v) is 2.73. The Labute approximate surface area is 85.0 Å². The first-order valence-corrected chi connectivity index (χ1v) is 5.14. The zero-order chi connectivity index (χ0) is 9.42. The molecule has 0 saturated heterocycles. The minimum atomic E-state index is -0.264. The van der Waals surface area contributed by atoms with Gasteiger partial charge in [-0.15, -0.1) is 0 Å². The molecule has 0 N–H and O–H groups in total. The fourth-order valence-electron chi connectivity index (χ4n) is 1.58. The number of hydrogen-bond acceptors (Lipinski definition) is 1. The van der Waals surface area contributed by atoms with Gasteiger partial charge in [0, 0.05) is 16.5 Å². The Bertz CT molecular complexity index is 338. The van der Waals surface area contributed by atoms with Crippen LogP contribution in [0.15, 0.2) is 16.6 Å². The molecule has 0 aliphatic carbocycles. The number of hydrogen-bond donors (Lipinski definition) is 0. The quantitative estimate of drug-likeness (QED) is 0.737. The van der Waals surface area contributed by atoms with E-state index in [-0.39, 0.29) is 11.9 Å². The third-order valence-electron chi connectivity index (χ3n) is 2.27. The van der Waals surface area contributed by atoms with Gasteiger partial charge in [0.1, 0.15) is 6.10 Å². The summed E-state index contributed by atoms with van der Waals surface area (Å²) in [6, 6.07) is 3.37. The topological polar surface area (TPSA) is 9.23 Å². The van der Waals surface area contributed by atoms with E-state index in [9.17, 15) is 4.39 Å². The van der Waals surface area contributed by atoms with E-state index in [1.807, 2.05) is 13.0 Å². The van der Waals surface area contributed by atoms with Crippen molar-refractivity contribution >= 4 is 15.9 Å². The molecule has 1 aliphatic rings. The average Bonchev–Trinajstić information content (AvgIpc) is 2.47. The van der Waals surface area contributed by atoms with Gasteiger partial charge in [0.2, 0.25) is 0 Å². The molecule has 1 nitrogen and oxygen atoms in total. The van der Waals surface area contributed by atoms with Crippen molar-refractivity contribution in [1.29, 1.82) is 0 Å². The zero-order valence-electron chi connectivity index (χ0n) is 7.31. The van der Waals surface area contributed by atoms with Crippen molar-refractivity contribution in [2.75, 3.05) is 0 Å². The summed E-state index contributed by atoms with van der Waals surface area (Å²) in [7, 11) is 0. The van der Waals surface area contributed by atoms with E-state index in [2.05, 4.69) is 15.9 Å². The lowest BCUT2D eigenvalue weighted by atomic mass is 10.1. The van der Waals surface area contributed by atoms with Crippen LogP contribution in [0.4, 0.5) is 4.39 Å². The van der Waals surface area contributed by atoms with Gasteiger partial charge in [-0.2, -0.15) is 0 Å². The van der Waals surface area contributed by atoms with Crippen LogP contribution in [0.5, 0.6) is 5.75 Å². The maximum atomic E-state index is 13.3. The second kappa shape index (κ2) is 3.29. The largest absolute Gasteiger partial charge is 0.487 e. The summed E-state index contributed by atoms with van der Waals surface area (Å²) in [6.07, 6.45) is 1.90. The number of fused-ring (bicyclic) bond motifs is 1. The Kier molecular flexibility index (Phi) is 2.28. The van der Waals surface area contributed by atoms with E-state index in [0.29, 0.717) is 5.75 Å². The lowest BCUT2D eigenvalue weighted by Crippen LogP contribution is -2.10. The molecule has 1 aromatic rings. The van der Waals surface area contributed by atoms with Crippen molar-refractivity contribution in [2.24, 2.45) is 0 Å². The summed E-state index contributed by atoms with van der Waals surface area (Å²) in [5.74, 6) is 0.176. The van der Waals surface area contributed by atoms with Crippen molar-refractivity contribution in [3.8, 4) is 5.75 Å². The molecule has 1 unspecified atom stereocenters. The zero-order valence-corrected chi connectivity index (χ0v) is 8.90. The summed E-state index contributed by atoms with van der Waals surface area (Å²) >= 11 is 3.26. The van der Waals surface area contributed by atoms with Crippen molar-refractivity contribution in [2.45, 2.75) is 25.9 Å². The van der Waals surface area contributed by atoms with Crippen LogP contribution < -0.4 is 4.74 Å². The highest BCUT2D eigenvalue weighted by atomic mass is 79.9. The van der Waals surface area contributed by atoms with Crippen molar-refractivity contribution < 1.29 is 9.13 Å². The summed E-state index contributed by atoms with van der Waals surface area (Å²) in [5, 5.41) is 0. The van der Waals surface area contributed by atoms with Gasteiger partial charge in [-0.25, -0.2) is 4.39 Å². The summed E-state index contributed by atoms with van der Waals surface area (Å²) in [5.41, 5.74) is 0.971. The van der Waals surface area contributed by atoms with Gasteiger partial charge in [0.15, 0.2) is 11.6 Å². The molecule has 0 aromatic heterocycles. The molecule has 1 aromatic carbocycles. The molecule has 1 heterocycles. The normalized spacial score (nSPS) is 19.8. The molecule has 2 rings (SSSR count). The number of benzene rings is 1.